The summed E-state index contributed by atoms with van der Waals surface area (Å²) in [6.07, 6.45) is 10.3. The Hall–Kier alpha value is -0.630. The molecule has 0 radical (unpaired) electrons. The van der Waals surface area contributed by atoms with Gasteiger partial charge in [-0.1, -0.05) is 93.2 Å². The zero-order valence-electron chi connectivity index (χ0n) is 22.8. The van der Waals surface area contributed by atoms with Crippen molar-refractivity contribution in [3.05, 3.63) is 28.8 Å². The Labute approximate surface area is 206 Å². The molecule has 1 heterocycles. The van der Waals surface area contributed by atoms with Crippen LogP contribution in [0, 0.1) is 17.3 Å². The minimum absolute atomic E-state index is 0.0855. The summed E-state index contributed by atoms with van der Waals surface area (Å²) in [6, 6.07) is 4.80. The van der Waals surface area contributed by atoms with Gasteiger partial charge >= 0.3 is 8.60 Å². The quantitative estimate of drug-likeness (QED) is 0.249. The normalized spacial score (nSPS) is 23.8. The van der Waals surface area contributed by atoms with E-state index in [1.165, 1.54) is 42.4 Å². The summed E-state index contributed by atoms with van der Waals surface area (Å²) in [5.41, 5.74) is 4.22. The number of unbranched alkanes of at least 4 members (excludes halogenated alkanes) is 2. The van der Waals surface area contributed by atoms with Gasteiger partial charge in [-0.25, -0.2) is 0 Å². The van der Waals surface area contributed by atoms with Gasteiger partial charge in [0.25, 0.3) is 0 Å². The summed E-state index contributed by atoms with van der Waals surface area (Å²) in [5.74, 6) is 2.76. The fourth-order valence-corrected chi connectivity index (χ4v) is 6.20. The maximum absolute atomic E-state index is 6.62. The largest absolute Gasteiger partial charge is 0.426 e. The molecule has 0 saturated carbocycles. The van der Waals surface area contributed by atoms with E-state index >= 15 is 0 Å². The molecule has 0 aliphatic carbocycles. The predicted molar refractivity (Wildman–Crippen MR) is 143 cm³/mol. The highest BCUT2D eigenvalue weighted by Gasteiger charge is 2.45. The van der Waals surface area contributed by atoms with E-state index in [2.05, 4.69) is 67.5 Å². The summed E-state index contributed by atoms with van der Waals surface area (Å²) >= 11 is 0. The van der Waals surface area contributed by atoms with Crippen LogP contribution >= 0.6 is 8.60 Å². The number of aryl methyl sites for hydroxylation is 2. The third kappa shape index (κ3) is 7.18. The molecular weight excluding hydrogens is 427 g/mol. The Morgan fingerprint density at radius 3 is 1.70 bits per heavy atom. The first-order chi connectivity index (χ1) is 15.9. The van der Waals surface area contributed by atoms with E-state index in [0.717, 1.165) is 51.1 Å². The Kier molecular flexibility index (Phi) is 12.2. The monoisotopic (exact) mass is 478 g/mol. The van der Waals surface area contributed by atoms with Crippen molar-refractivity contribution in [2.45, 2.75) is 119 Å². The molecular formula is C29H51O3P. The number of rotatable bonds is 14. The van der Waals surface area contributed by atoms with Crippen molar-refractivity contribution in [2.75, 3.05) is 13.2 Å². The van der Waals surface area contributed by atoms with E-state index in [-0.39, 0.29) is 5.41 Å². The minimum atomic E-state index is -1.36. The summed E-state index contributed by atoms with van der Waals surface area (Å²) in [6.45, 7) is 19.9. The molecule has 1 aromatic rings. The lowest BCUT2D eigenvalue weighted by Crippen LogP contribution is -2.45. The molecule has 1 fully saturated rings. The van der Waals surface area contributed by atoms with Crippen LogP contribution in [-0.4, -0.2) is 13.2 Å². The van der Waals surface area contributed by atoms with Crippen LogP contribution in [-0.2, 0) is 21.9 Å². The second-order valence-electron chi connectivity index (χ2n) is 10.4. The lowest BCUT2D eigenvalue weighted by atomic mass is 9.67. The van der Waals surface area contributed by atoms with Crippen molar-refractivity contribution in [1.29, 1.82) is 0 Å². The molecule has 0 bridgehead atoms. The fraction of sp³-hybridized carbons (Fsp3) is 0.793. The van der Waals surface area contributed by atoms with Crippen LogP contribution < -0.4 is 4.52 Å². The molecule has 1 aromatic carbocycles. The average molecular weight is 479 g/mol. The van der Waals surface area contributed by atoms with Gasteiger partial charge in [0.2, 0.25) is 0 Å². The summed E-state index contributed by atoms with van der Waals surface area (Å²) < 4.78 is 19.4. The van der Waals surface area contributed by atoms with Crippen LogP contribution in [0.1, 0.15) is 123 Å². The maximum Gasteiger partial charge on any atom is 0.397 e. The first-order valence-electron chi connectivity index (χ1n) is 13.8. The molecule has 3 unspecified atom stereocenters. The number of hydrogen-bond donors (Lipinski definition) is 0. The molecule has 1 aliphatic rings. The highest BCUT2D eigenvalue weighted by atomic mass is 31.2. The molecule has 3 atom stereocenters. The lowest BCUT2D eigenvalue weighted by Gasteiger charge is -2.46. The van der Waals surface area contributed by atoms with Crippen molar-refractivity contribution >= 4 is 8.60 Å². The van der Waals surface area contributed by atoms with E-state index in [0.29, 0.717) is 17.8 Å². The zero-order valence-corrected chi connectivity index (χ0v) is 23.7. The van der Waals surface area contributed by atoms with Gasteiger partial charge in [-0.15, -0.1) is 0 Å². The Balaban J connectivity index is 2.31. The van der Waals surface area contributed by atoms with E-state index in [9.17, 15) is 0 Å². The summed E-state index contributed by atoms with van der Waals surface area (Å²) in [5, 5.41) is 0. The van der Waals surface area contributed by atoms with Crippen LogP contribution in [0.4, 0.5) is 0 Å². The molecule has 0 aromatic heterocycles. The van der Waals surface area contributed by atoms with Gasteiger partial charge in [-0.05, 0) is 66.5 Å². The van der Waals surface area contributed by atoms with Crippen molar-refractivity contribution in [3.8, 4) is 5.75 Å². The zero-order chi connectivity index (χ0) is 24.4. The average Bonchev–Trinajstić information content (AvgIpc) is 2.85. The molecule has 1 saturated heterocycles. The molecule has 1 aliphatic heterocycles. The van der Waals surface area contributed by atoms with Crippen molar-refractivity contribution < 1.29 is 13.6 Å². The van der Waals surface area contributed by atoms with Crippen LogP contribution in [0.2, 0.25) is 0 Å². The molecule has 2 rings (SSSR count). The van der Waals surface area contributed by atoms with E-state index in [4.69, 9.17) is 13.6 Å². The molecule has 3 nitrogen and oxygen atoms in total. The van der Waals surface area contributed by atoms with Crippen LogP contribution in [0.15, 0.2) is 12.1 Å². The maximum atomic E-state index is 6.62. The highest BCUT2D eigenvalue weighted by molar-refractivity contribution is 7.42. The van der Waals surface area contributed by atoms with Gasteiger partial charge < -0.3 is 13.6 Å². The van der Waals surface area contributed by atoms with E-state index < -0.39 is 8.60 Å². The smallest absolute Gasteiger partial charge is 0.397 e. The Bertz CT molecular complexity index is 655. The molecule has 190 valence electrons. The molecule has 4 heteroatoms. The van der Waals surface area contributed by atoms with Gasteiger partial charge in [0.15, 0.2) is 0 Å². The second-order valence-corrected chi connectivity index (χ2v) is 11.5. The molecule has 33 heavy (non-hydrogen) atoms. The van der Waals surface area contributed by atoms with Crippen molar-refractivity contribution in [3.63, 3.8) is 0 Å². The predicted octanol–water partition coefficient (Wildman–Crippen LogP) is 9.62. The van der Waals surface area contributed by atoms with Crippen LogP contribution in [0.5, 0.6) is 5.75 Å². The fourth-order valence-electron chi connectivity index (χ4n) is 4.94. The second kappa shape index (κ2) is 14.1. The highest BCUT2D eigenvalue weighted by Crippen LogP contribution is 2.54. The van der Waals surface area contributed by atoms with E-state index in [1.54, 1.807) is 0 Å². The third-order valence-electron chi connectivity index (χ3n) is 8.28. The SMILES string of the molecule is CCCCc1cc(C(C)CC)cc(CCCC)c1OP1OCC(C(C)CC)(C(C)CC)CO1. The topological polar surface area (TPSA) is 27.7 Å². The molecule has 0 spiro atoms. The first-order valence-corrected chi connectivity index (χ1v) is 14.9. The van der Waals surface area contributed by atoms with Crippen molar-refractivity contribution in [1.82, 2.24) is 0 Å². The van der Waals surface area contributed by atoms with Crippen molar-refractivity contribution in [2.24, 2.45) is 17.3 Å². The number of hydrogen-bond acceptors (Lipinski definition) is 3. The van der Waals surface area contributed by atoms with Crippen LogP contribution in [0.25, 0.3) is 0 Å². The Morgan fingerprint density at radius 2 is 1.30 bits per heavy atom. The van der Waals surface area contributed by atoms with Gasteiger partial charge in [-0.3, -0.25) is 0 Å². The van der Waals surface area contributed by atoms with Crippen LogP contribution in [0.3, 0.4) is 0 Å². The lowest BCUT2D eigenvalue weighted by molar-refractivity contribution is -0.0573. The van der Waals surface area contributed by atoms with Gasteiger partial charge in [0, 0.05) is 5.41 Å². The van der Waals surface area contributed by atoms with Gasteiger partial charge in [0.1, 0.15) is 5.75 Å². The minimum Gasteiger partial charge on any atom is -0.426 e. The molecule has 0 N–H and O–H groups in total. The summed E-state index contributed by atoms with van der Waals surface area (Å²) in [4.78, 5) is 0. The first kappa shape index (κ1) is 28.6. The van der Waals surface area contributed by atoms with Gasteiger partial charge in [0.05, 0.1) is 13.2 Å². The van der Waals surface area contributed by atoms with E-state index in [1.807, 2.05) is 0 Å². The molecule has 0 amide bonds. The van der Waals surface area contributed by atoms with Gasteiger partial charge in [-0.2, -0.15) is 0 Å². The summed E-state index contributed by atoms with van der Waals surface area (Å²) in [7, 11) is -1.36. The third-order valence-corrected chi connectivity index (χ3v) is 9.29. The Morgan fingerprint density at radius 1 is 0.818 bits per heavy atom. The number of benzene rings is 1. The standard InChI is InChI=1S/C29H51O3P/c1-9-14-16-25-18-27(22(6)11-3)19-26(17-15-10-2)28(25)32-33-30-20-29(21-31-33,23(7)12-4)24(8)13-5/h18-19,22-24H,9-17,20-21H2,1-8H3.